The molecule has 1 aromatic heterocycles. The molecule has 6 heteroatoms. The SMILES string of the molecule is COc1cc2cccc(C3=C(CO)SC4=NCCN43)c2s1. The zero-order valence-electron chi connectivity index (χ0n) is 11.5. The van der Waals surface area contributed by atoms with Gasteiger partial charge in [-0.25, -0.2) is 0 Å². The Hall–Kier alpha value is -1.50. The van der Waals surface area contributed by atoms with Crippen molar-refractivity contribution in [2.24, 2.45) is 4.99 Å². The zero-order chi connectivity index (χ0) is 14.4. The predicted molar refractivity (Wildman–Crippen MR) is 89.0 cm³/mol. The molecule has 1 N–H and O–H groups in total. The van der Waals surface area contributed by atoms with Gasteiger partial charge in [-0.3, -0.25) is 4.99 Å². The van der Waals surface area contributed by atoms with Crippen molar-refractivity contribution in [1.82, 2.24) is 4.90 Å². The maximum atomic E-state index is 9.69. The Morgan fingerprint density at radius 3 is 3.14 bits per heavy atom. The maximum absolute atomic E-state index is 9.69. The van der Waals surface area contributed by atoms with Gasteiger partial charge in [-0.05, 0) is 11.5 Å². The lowest BCUT2D eigenvalue weighted by atomic mass is 10.1. The Bertz CT molecular complexity index is 779. The van der Waals surface area contributed by atoms with Gasteiger partial charge in [0.2, 0.25) is 0 Å². The number of methoxy groups -OCH3 is 1. The first-order valence-electron chi connectivity index (χ1n) is 6.72. The summed E-state index contributed by atoms with van der Waals surface area (Å²) >= 11 is 3.23. The summed E-state index contributed by atoms with van der Waals surface area (Å²) in [6, 6.07) is 8.33. The van der Waals surface area contributed by atoms with Gasteiger partial charge < -0.3 is 14.7 Å². The number of aliphatic hydroxyl groups is 1. The minimum absolute atomic E-state index is 0.0500. The number of hydrogen-bond acceptors (Lipinski definition) is 6. The van der Waals surface area contributed by atoms with Crippen molar-refractivity contribution < 1.29 is 9.84 Å². The van der Waals surface area contributed by atoms with Gasteiger partial charge in [0.15, 0.2) is 10.2 Å². The van der Waals surface area contributed by atoms with Crippen LogP contribution in [0.15, 0.2) is 34.2 Å². The number of thiophene rings is 1. The second kappa shape index (κ2) is 5.05. The van der Waals surface area contributed by atoms with E-state index < -0.39 is 0 Å². The lowest BCUT2D eigenvalue weighted by Crippen LogP contribution is -2.20. The molecule has 0 radical (unpaired) electrons. The van der Waals surface area contributed by atoms with Gasteiger partial charge in [0, 0.05) is 21.7 Å². The van der Waals surface area contributed by atoms with E-state index in [4.69, 9.17) is 4.74 Å². The summed E-state index contributed by atoms with van der Waals surface area (Å²) in [7, 11) is 1.69. The molecule has 4 nitrogen and oxygen atoms in total. The fraction of sp³-hybridized carbons (Fsp3) is 0.267. The Balaban J connectivity index is 1.92. The van der Waals surface area contributed by atoms with E-state index in [0.717, 1.165) is 39.5 Å². The summed E-state index contributed by atoms with van der Waals surface area (Å²) in [6.45, 7) is 1.77. The van der Waals surface area contributed by atoms with Gasteiger partial charge >= 0.3 is 0 Å². The number of aliphatic imine (C=N–C) groups is 1. The van der Waals surface area contributed by atoms with Crippen LogP contribution in [0.1, 0.15) is 5.56 Å². The van der Waals surface area contributed by atoms with Gasteiger partial charge in [-0.15, -0.1) is 0 Å². The number of hydrogen-bond donors (Lipinski definition) is 1. The molecule has 0 bridgehead atoms. The minimum Gasteiger partial charge on any atom is -0.487 e. The van der Waals surface area contributed by atoms with Gasteiger partial charge in [0.05, 0.1) is 26.0 Å². The molecule has 0 amide bonds. The molecule has 0 aliphatic carbocycles. The van der Waals surface area contributed by atoms with Crippen molar-refractivity contribution in [2.45, 2.75) is 0 Å². The summed E-state index contributed by atoms with van der Waals surface area (Å²) in [5.41, 5.74) is 2.26. The first-order valence-corrected chi connectivity index (χ1v) is 8.36. The second-order valence-electron chi connectivity index (χ2n) is 4.84. The zero-order valence-corrected chi connectivity index (χ0v) is 13.1. The van der Waals surface area contributed by atoms with E-state index in [-0.39, 0.29) is 6.61 Å². The Labute approximate surface area is 130 Å². The van der Waals surface area contributed by atoms with Crippen molar-refractivity contribution in [3.05, 3.63) is 34.7 Å². The predicted octanol–water partition coefficient (Wildman–Crippen LogP) is 2.99. The molecule has 4 rings (SSSR count). The van der Waals surface area contributed by atoms with Crippen LogP contribution in [0.5, 0.6) is 5.06 Å². The Kier molecular flexibility index (Phi) is 3.17. The molecule has 2 aromatic rings. The second-order valence-corrected chi connectivity index (χ2v) is 6.92. The highest BCUT2D eigenvalue weighted by molar-refractivity contribution is 8.17. The first-order chi connectivity index (χ1) is 10.3. The summed E-state index contributed by atoms with van der Waals surface area (Å²) in [6.07, 6.45) is 0. The van der Waals surface area contributed by atoms with Crippen LogP contribution < -0.4 is 4.74 Å². The minimum atomic E-state index is 0.0500. The number of ether oxygens (including phenoxy) is 1. The topological polar surface area (TPSA) is 45.1 Å². The van der Waals surface area contributed by atoms with E-state index in [2.05, 4.69) is 34.2 Å². The molecular formula is C15H14N2O2S2. The van der Waals surface area contributed by atoms with Gasteiger partial charge in [-0.1, -0.05) is 41.3 Å². The molecule has 0 atom stereocenters. The number of thioether (sulfide) groups is 1. The van der Waals surface area contributed by atoms with Crippen LogP contribution in [0.2, 0.25) is 0 Å². The van der Waals surface area contributed by atoms with Crippen LogP contribution in [0.4, 0.5) is 0 Å². The number of aliphatic hydroxyl groups excluding tert-OH is 1. The van der Waals surface area contributed by atoms with Crippen LogP contribution in [-0.4, -0.2) is 42.0 Å². The van der Waals surface area contributed by atoms with Crippen molar-refractivity contribution in [3.63, 3.8) is 0 Å². The Morgan fingerprint density at radius 2 is 2.33 bits per heavy atom. The van der Waals surface area contributed by atoms with Crippen LogP contribution >= 0.6 is 23.1 Å². The highest BCUT2D eigenvalue weighted by Crippen LogP contribution is 2.45. The molecule has 0 fully saturated rings. The lowest BCUT2D eigenvalue weighted by Gasteiger charge is -2.17. The highest BCUT2D eigenvalue weighted by Gasteiger charge is 2.33. The smallest absolute Gasteiger partial charge is 0.174 e. The monoisotopic (exact) mass is 318 g/mol. The Morgan fingerprint density at radius 1 is 1.43 bits per heavy atom. The van der Waals surface area contributed by atoms with E-state index in [1.165, 1.54) is 10.1 Å². The maximum Gasteiger partial charge on any atom is 0.174 e. The van der Waals surface area contributed by atoms with Crippen LogP contribution in [0.3, 0.4) is 0 Å². The lowest BCUT2D eigenvalue weighted by molar-refractivity contribution is 0.339. The number of benzene rings is 1. The molecule has 1 aromatic carbocycles. The van der Waals surface area contributed by atoms with E-state index in [1.807, 2.05) is 0 Å². The third-order valence-electron chi connectivity index (χ3n) is 3.67. The van der Waals surface area contributed by atoms with Gasteiger partial charge in [0.1, 0.15) is 0 Å². The summed E-state index contributed by atoms with van der Waals surface area (Å²) < 4.78 is 6.57. The quantitative estimate of drug-likeness (QED) is 0.945. The number of fused-ring (bicyclic) bond motifs is 2. The molecule has 108 valence electrons. The van der Waals surface area contributed by atoms with E-state index in [9.17, 15) is 5.11 Å². The van der Waals surface area contributed by atoms with Crippen molar-refractivity contribution in [2.75, 3.05) is 26.8 Å². The fourth-order valence-corrected chi connectivity index (χ4v) is 4.80. The molecule has 0 saturated heterocycles. The summed E-state index contributed by atoms with van der Waals surface area (Å²) in [4.78, 5) is 7.70. The largest absolute Gasteiger partial charge is 0.487 e. The van der Waals surface area contributed by atoms with E-state index in [1.54, 1.807) is 30.2 Å². The molecule has 21 heavy (non-hydrogen) atoms. The third kappa shape index (κ3) is 1.97. The van der Waals surface area contributed by atoms with Crippen molar-refractivity contribution in [1.29, 1.82) is 0 Å². The number of rotatable bonds is 3. The standard InChI is InChI=1S/C15H14N2O2S2/c1-19-12-7-9-3-2-4-10(14(9)21-12)13-11(8-18)20-15-16-5-6-17(13)15/h2-4,7,18H,5-6,8H2,1H3. The average molecular weight is 318 g/mol. The van der Waals surface area contributed by atoms with Gasteiger partial charge in [0.25, 0.3) is 0 Å². The van der Waals surface area contributed by atoms with E-state index >= 15 is 0 Å². The average Bonchev–Trinajstić information content (AvgIpc) is 3.19. The van der Waals surface area contributed by atoms with Crippen molar-refractivity contribution in [3.8, 4) is 5.06 Å². The molecule has 0 spiro atoms. The molecule has 2 aliphatic heterocycles. The molecule has 0 unspecified atom stereocenters. The normalized spacial score (nSPS) is 17.6. The van der Waals surface area contributed by atoms with Crippen molar-refractivity contribution >= 4 is 44.0 Å². The van der Waals surface area contributed by atoms with Crippen LogP contribution in [0, 0.1) is 0 Å². The van der Waals surface area contributed by atoms with Gasteiger partial charge in [-0.2, -0.15) is 0 Å². The summed E-state index contributed by atoms with van der Waals surface area (Å²) in [5.74, 6) is 0. The highest BCUT2D eigenvalue weighted by atomic mass is 32.2. The van der Waals surface area contributed by atoms with Crippen LogP contribution in [-0.2, 0) is 0 Å². The summed E-state index contributed by atoms with van der Waals surface area (Å²) in [5, 5.41) is 12.8. The molecule has 2 aliphatic rings. The fourth-order valence-electron chi connectivity index (χ4n) is 2.76. The molecule has 3 heterocycles. The first kappa shape index (κ1) is 13.2. The van der Waals surface area contributed by atoms with E-state index in [0.29, 0.717) is 0 Å². The molecule has 0 saturated carbocycles. The number of nitrogens with zero attached hydrogens (tertiary/aromatic N) is 2. The van der Waals surface area contributed by atoms with Crippen LogP contribution in [0.25, 0.3) is 15.8 Å². The molecular weight excluding hydrogens is 304 g/mol. The number of amidine groups is 1. The third-order valence-corrected chi connectivity index (χ3v) is 5.92.